The summed E-state index contributed by atoms with van der Waals surface area (Å²) < 4.78 is 0. The summed E-state index contributed by atoms with van der Waals surface area (Å²) in [7, 11) is 0. The van der Waals surface area contributed by atoms with E-state index in [0.29, 0.717) is 22.6 Å². The first kappa shape index (κ1) is 22.8. The maximum Gasteiger partial charge on any atom is 0.230 e. The molecule has 32 heavy (non-hydrogen) atoms. The van der Waals surface area contributed by atoms with Gasteiger partial charge in [-0.3, -0.25) is 20.5 Å². The van der Waals surface area contributed by atoms with Crippen molar-refractivity contribution in [3.8, 4) is 0 Å². The normalized spacial score (nSPS) is 22.5. The number of hydrogen-bond donors (Lipinski definition) is 4. The Balaban J connectivity index is 1.47. The fourth-order valence-corrected chi connectivity index (χ4v) is 4.99. The van der Waals surface area contributed by atoms with Gasteiger partial charge >= 0.3 is 0 Å². The van der Waals surface area contributed by atoms with Crippen molar-refractivity contribution < 1.29 is 4.79 Å². The average molecular weight is 471 g/mol. The van der Waals surface area contributed by atoms with Crippen LogP contribution in [0, 0.1) is 18.3 Å². The van der Waals surface area contributed by atoms with E-state index in [0.717, 1.165) is 17.7 Å². The number of nitrogens with zero attached hydrogens (tertiary/aromatic N) is 2. The molecule has 4 rings (SSSR count). The van der Waals surface area contributed by atoms with E-state index < -0.39 is 0 Å². The molecule has 168 valence electrons. The Hall–Kier alpha value is -2.39. The lowest BCUT2D eigenvalue weighted by Gasteiger charge is -2.36. The Labute approximate surface area is 197 Å². The Morgan fingerprint density at radius 3 is 2.78 bits per heavy atom. The van der Waals surface area contributed by atoms with Crippen molar-refractivity contribution in [3.63, 3.8) is 0 Å². The molecule has 0 aromatic heterocycles. The monoisotopic (exact) mass is 470 g/mol. The van der Waals surface area contributed by atoms with Gasteiger partial charge in [0.1, 0.15) is 12.0 Å². The molecule has 3 unspecified atom stereocenters. The third-order valence-electron chi connectivity index (χ3n) is 5.73. The maximum absolute atomic E-state index is 12.5. The second-order valence-electron chi connectivity index (χ2n) is 7.94. The summed E-state index contributed by atoms with van der Waals surface area (Å²) >= 11 is 7.71. The van der Waals surface area contributed by atoms with E-state index in [4.69, 9.17) is 22.0 Å². The number of fused-ring (bicyclic) bond motifs is 1. The Bertz CT molecular complexity index is 1030. The number of amidine groups is 2. The summed E-state index contributed by atoms with van der Waals surface area (Å²) in [4.78, 5) is 19.2. The lowest BCUT2D eigenvalue weighted by molar-refractivity contribution is -0.118. The molecule has 2 aromatic rings. The van der Waals surface area contributed by atoms with Gasteiger partial charge in [0.05, 0.1) is 17.4 Å². The van der Waals surface area contributed by atoms with Gasteiger partial charge in [-0.25, -0.2) is 10.4 Å². The van der Waals surface area contributed by atoms with Gasteiger partial charge in [-0.1, -0.05) is 59.8 Å². The lowest BCUT2D eigenvalue weighted by Crippen LogP contribution is -2.50. The molecule has 2 aromatic carbocycles. The molecule has 7 nitrogen and oxygen atoms in total. The van der Waals surface area contributed by atoms with Crippen molar-refractivity contribution in [3.05, 3.63) is 64.7 Å². The summed E-state index contributed by atoms with van der Waals surface area (Å²) in [5.41, 5.74) is 9.22. The van der Waals surface area contributed by atoms with Crippen LogP contribution in [0.25, 0.3) is 0 Å². The minimum Gasteiger partial charge on any atom is -0.355 e. The molecule has 0 spiro atoms. The van der Waals surface area contributed by atoms with Gasteiger partial charge in [-0.2, -0.15) is 0 Å². The molecule has 0 bridgehead atoms. The molecule has 9 heteroatoms. The summed E-state index contributed by atoms with van der Waals surface area (Å²) in [5.74, 6) is 0.484. The smallest absolute Gasteiger partial charge is 0.230 e. The van der Waals surface area contributed by atoms with E-state index in [2.05, 4.69) is 28.3 Å². The van der Waals surface area contributed by atoms with E-state index in [1.54, 1.807) is 0 Å². The minimum absolute atomic E-state index is 0.0593. The number of nitrogens with one attached hydrogen (secondary N) is 4. The van der Waals surface area contributed by atoms with Gasteiger partial charge in [0.15, 0.2) is 5.17 Å². The molecule has 0 aliphatic carbocycles. The number of halogens is 1. The van der Waals surface area contributed by atoms with Crippen molar-refractivity contribution in [2.75, 3.05) is 17.2 Å². The van der Waals surface area contributed by atoms with Crippen molar-refractivity contribution in [2.45, 2.75) is 32.5 Å². The number of carbonyl (C=O) groups excluding carboxylic acids is 1. The zero-order chi connectivity index (χ0) is 22.7. The van der Waals surface area contributed by atoms with Gasteiger partial charge in [0, 0.05) is 17.6 Å². The third kappa shape index (κ3) is 4.83. The lowest BCUT2D eigenvalue weighted by atomic mass is 9.96. The fraction of sp³-hybridized carbons (Fsp3) is 0.348. The van der Waals surface area contributed by atoms with Gasteiger partial charge < -0.3 is 5.32 Å². The second-order valence-corrected chi connectivity index (χ2v) is 9.29. The van der Waals surface area contributed by atoms with Gasteiger partial charge in [-0.05, 0) is 43.5 Å². The minimum atomic E-state index is -0.239. The molecule has 0 saturated carbocycles. The van der Waals surface area contributed by atoms with E-state index in [1.807, 2.05) is 55.1 Å². The predicted octanol–water partition coefficient (Wildman–Crippen LogP) is 3.33. The third-order valence-corrected chi connectivity index (χ3v) is 7.09. The van der Waals surface area contributed by atoms with Crippen LogP contribution in [0.4, 0.5) is 5.69 Å². The fourth-order valence-electron chi connectivity index (χ4n) is 3.94. The molecule has 2 heterocycles. The number of anilines is 1. The van der Waals surface area contributed by atoms with E-state index in [1.165, 1.54) is 17.3 Å². The molecule has 4 N–H and O–H groups in total. The highest BCUT2D eigenvalue weighted by atomic mass is 35.5. The van der Waals surface area contributed by atoms with Crippen LogP contribution < -0.4 is 21.1 Å². The van der Waals surface area contributed by atoms with Crippen LogP contribution in [0.1, 0.15) is 18.1 Å². The van der Waals surface area contributed by atoms with Gasteiger partial charge in [-0.15, -0.1) is 0 Å². The molecule has 1 fully saturated rings. The molecule has 3 atom stereocenters. The van der Waals surface area contributed by atoms with Gasteiger partial charge in [0.2, 0.25) is 5.91 Å². The highest BCUT2D eigenvalue weighted by molar-refractivity contribution is 8.14. The first-order valence-corrected chi connectivity index (χ1v) is 12.0. The van der Waals surface area contributed by atoms with Crippen LogP contribution in [-0.4, -0.2) is 41.4 Å². The standard InChI is InChI=1S/C23H27ClN6OS/c1-14-17(24)9-6-10-18(14)30-21(25)20-15(2)28-29-22(20)27-23(30)32-13-19(31)26-12-11-16-7-4-3-5-8-16/h3-10,15,20,22,25,28-29H,11-13H2,1-2H3,(H,26,31). The summed E-state index contributed by atoms with van der Waals surface area (Å²) in [6.45, 7) is 4.55. The zero-order valence-electron chi connectivity index (χ0n) is 18.1. The first-order chi connectivity index (χ1) is 15.5. The second kappa shape index (κ2) is 10.0. The Kier molecular flexibility index (Phi) is 7.15. The van der Waals surface area contributed by atoms with Crippen molar-refractivity contribution in [1.82, 2.24) is 16.2 Å². The average Bonchev–Trinajstić information content (AvgIpc) is 3.16. The van der Waals surface area contributed by atoms with Gasteiger partial charge in [0.25, 0.3) is 0 Å². The largest absolute Gasteiger partial charge is 0.355 e. The highest BCUT2D eigenvalue weighted by Gasteiger charge is 2.44. The molecule has 2 aliphatic rings. The number of hydrazine groups is 1. The number of thioether (sulfide) groups is 1. The quantitative estimate of drug-likeness (QED) is 0.519. The van der Waals surface area contributed by atoms with E-state index in [9.17, 15) is 4.79 Å². The summed E-state index contributed by atoms with van der Waals surface area (Å²) in [6, 6.07) is 15.8. The number of hydrogen-bond acceptors (Lipinski definition) is 6. The molecule has 1 saturated heterocycles. The van der Waals surface area contributed by atoms with Crippen LogP contribution in [0.15, 0.2) is 53.5 Å². The Morgan fingerprint density at radius 1 is 1.22 bits per heavy atom. The van der Waals surface area contributed by atoms with Crippen LogP contribution in [0.2, 0.25) is 5.02 Å². The predicted molar refractivity (Wildman–Crippen MR) is 132 cm³/mol. The molecular formula is C23H27ClN6OS. The first-order valence-electron chi connectivity index (χ1n) is 10.6. The highest BCUT2D eigenvalue weighted by Crippen LogP contribution is 2.35. The Morgan fingerprint density at radius 2 is 2.00 bits per heavy atom. The SMILES string of the molecule is Cc1c(Cl)cccc1N1C(=N)C2C(C)NNC2N=C1SCC(=O)NCCc1ccccc1. The van der Waals surface area contributed by atoms with Crippen LogP contribution >= 0.6 is 23.4 Å². The number of carbonyl (C=O) groups is 1. The van der Waals surface area contributed by atoms with E-state index >= 15 is 0 Å². The van der Waals surface area contributed by atoms with Crippen molar-refractivity contribution in [2.24, 2.45) is 10.9 Å². The maximum atomic E-state index is 12.5. The molecule has 0 radical (unpaired) electrons. The molecule has 1 amide bonds. The number of benzene rings is 2. The van der Waals surface area contributed by atoms with Crippen molar-refractivity contribution in [1.29, 1.82) is 5.41 Å². The number of rotatable bonds is 6. The summed E-state index contributed by atoms with van der Waals surface area (Å²) in [5, 5.41) is 13.2. The molecule has 2 aliphatic heterocycles. The number of aliphatic imine (C=N–C) groups is 1. The van der Waals surface area contributed by atoms with E-state index in [-0.39, 0.29) is 29.8 Å². The topological polar surface area (TPSA) is 92.6 Å². The number of amides is 1. The van der Waals surface area contributed by atoms with Crippen LogP contribution in [0.3, 0.4) is 0 Å². The van der Waals surface area contributed by atoms with Crippen molar-refractivity contribution >= 4 is 46.0 Å². The zero-order valence-corrected chi connectivity index (χ0v) is 19.6. The van der Waals surface area contributed by atoms with Crippen LogP contribution in [0.5, 0.6) is 0 Å². The van der Waals surface area contributed by atoms with Crippen LogP contribution in [-0.2, 0) is 11.2 Å². The molecular weight excluding hydrogens is 444 g/mol. The summed E-state index contributed by atoms with van der Waals surface area (Å²) in [6.07, 6.45) is 0.547.